The topological polar surface area (TPSA) is 59.8 Å². The van der Waals surface area contributed by atoms with Crippen LogP contribution in [0.4, 0.5) is 5.69 Å². The van der Waals surface area contributed by atoms with Crippen LogP contribution < -0.4 is 5.32 Å². The number of aryl methyl sites for hydroxylation is 1. The molecule has 1 amide bonds. The van der Waals surface area contributed by atoms with Crippen molar-refractivity contribution in [2.75, 3.05) is 5.32 Å². The lowest BCUT2D eigenvalue weighted by Crippen LogP contribution is -2.10. The number of aromatic nitrogens is 3. The van der Waals surface area contributed by atoms with E-state index in [1.807, 2.05) is 66.2 Å². The summed E-state index contributed by atoms with van der Waals surface area (Å²) in [6, 6.07) is 20.0. The van der Waals surface area contributed by atoms with E-state index in [0.29, 0.717) is 5.69 Å². The van der Waals surface area contributed by atoms with Gasteiger partial charge in [0, 0.05) is 11.5 Å². The van der Waals surface area contributed by atoms with E-state index < -0.39 is 0 Å². The molecule has 31 heavy (non-hydrogen) atoms. The van der Waals surface area contributed by atoms with E-state index in [1.54, 1.807) is 6.20 Å². The summed E-state index contributed by atoms with van der Waals surface area (Å²) in [5.74, 6) is -0.200. The van der Waals surface area contributed by atoms with Gasteiger partial charge in [0.05, 0.1) is 23.3 Å². The smallest absolute Gasteiger partial charge is 0.248 e. The zero-order valence-electron chi connectivity index (χ0n) is 18.3. The average molecular weight is 411 g/mol. The molecule has 0 radical (unpaired) electrons. The lowest BCUT2D eigenvalue weighted by molar-refractivity contribution is -0.111. The van der Waals surface area contributed by atoms with Crippen molar-refractivity contribution in [2.45, 2.75) is 33.1 Å². The molecular formula is C26H26N4O. The Labute approximate surface area is 182 Å². The molecule has 0 aliphatic carbocycles. The third-order valence-corrected chi connectivity index (χ3v) is 5.18. The molecule has 0 saturated carbocycles. The largest absolute Gasteiger partial charge is 0.321 e. The standard InChI is InChI=1S/C26H26N4O/c1-18-23-16-21(17-27-25(23)30(29-18)22-8-6-5-7-9-22)28-24(31)15-12-19-10-13-20(14-11-19)26(2,3)4/h5-17H,1-4H3,(H,28,31)/b15-12+. The van der Waals surface area contributed by atoms with E-state index in [-0.39, 0.29) is 11.3 Å². The molecule has 0 saturated heterocycles. The first kappa shape index (κ1) is 20.5. The fourth-order valence-corrected chi connectivity index (χ4v) is 3.41. The van der Waals surface area contributed by atoms with Crippen molar-refractivity contribution in [3.8, 4) is 5.69 Å². The van der Waals surface area contributed by atoms with Crippen molar-refractivity contribution in [1.29, 1.82) is 0 Å². The van der Waals surface area contributed by atoms with Crippen LogP contribution in [0.1, 0.15) is 37.6 Å². The molecule has 0 unspecified atom stereocenters. The molecular weight excluding hydrogens is 384 g/mol. The first-order chi connectivity index (χ1) is 14.8. The number of pyridine rings is 1. The predicted octanol–water partition coefficient (Wildman–Crippen LogP) is 5.68. The van der Waals surface area contributed by atoms with Crippen LogP contribution in [0.2, 0.25) is 0 Å². The van der Waals surface area contributed by atoms with Crippen LogP contribution in [0.25, 0.3) is 22.8 Å². The molecule has 4 aromatic rings. The van der Waals surface area contributed by atoms with E-state index >= 15 is 0 Å². The monoisotopic (exact) mass is 410 g/mol. The molecule has 5 nitrogen and oxygen atoms in total. The number of benzene rings is 2. The van der Waals surface area contributed by atoms with Crippen LogP contribution in [0.15, 0.2) is 72.9 Å². The summed E-state index contributed by atoms with van der Waals surface area (Å²) in [6.45, 7) is 8.49. The Morgan fingerprint density at radius 2 is 1.74 bits per heavy atom. The number of amides is 1. The van der Waals surface area contributed by atoms with Crippen molar-refractivity contribution >= 4 is 28.7 Å². The summed E-state index contributed by atoms with van der Waals surface area (Å²) < 4.78 is 1.82. The molecule has 5 heteroatoms. The Morgan fingerprint density at radius 3 is 2.42 bits per heavy atom. The SMILES string of the molecule is Cc1nn(-c2ccccc2)c2ncc(NC(=O)/C=C/c3ccc(C(C)(C)C)cc3)cc12. The molecule has 0 aliphatic heterocycles. The maximum absolute atomic E-state index is 12.4. The number of carbonyl (C=O) groups excluding carboxylic acids is 1. The second-order valence-electron chi connectivity index (χ2n) is 8.62. The van der Waals surface area contributed by atoms with Crippen LogP contribution in [-0.4, -0.2) is 20.7 Å². The van der Waals surface area contributed by atoms with Crippen LogP contribution >= 0.6 is 0 Å². The van der Waals surface area contributed by atoms with E-state index in [1.165, 1.54) is 11.6 Å². The number of fused-ring (bicyclic) bond motifs is 1. The van der Waals surface area contributed by atoms with Crippen LogP contribution in [-0.2, 0) is 10.2 Å². The van der Waals surface area contributed by atoms with Gasteiger partial charge in [-0.05, 0) is 47.7 Å². The van der Waals surface area contributed by atoms with Gasteiger partial charge in [0.15, 0.2) is 5.65 Å². The van der Waals surface area contributed by atoms with E-state index in [0.717, 1.165) is 28.0 Å². The quantitative estimate of drug-likeness (QED) is 0.441. The lowest BCUT2D eigenvalue weighted by atomic mass is 9.87. The number of carbonyl (C=O) groups is 1. The second kappa shape index (κ2) is 8.19. The highest BCUT2D eigenvalue weighted by molar-refractivity contribution is 6.02. The highest BCUT2D eigenvalue weighted by atomic mass is 16.1. The second-order valence-corrected chi connectivity index (χ2v) is 8.62. The first-order valence-electron chi connectivity index (χ1n) is 10.3. The molecule has 156 valence electrons. The lowest BCUT2D eigenvalue weighted by Gasteiger charge is -2.18. The maximum atomic E-state index is 12.4. The minimum Gasteiger partial charge on any atom is -0.321 e. The highest BCUT2D eigenvalue weighted by Gasteiger charge is 2.13. The molecule has 0 spiro atoms. The summed E-state index contributed by atoms with van der Waals surface area (Å²) in [7, 11) is 0. The van der Waals surface area contributed by atoms with Crippen molar-refractivity contribution < 1.29 is 4.79 Å². The molecule has 4 rings (SSSR count). The van der Waals surface area contributed by atoms with Gasteiger partial charge in [0.2, 0.25) is 5.91 Å². The van der Waals surface area contributed by atoms with Gasteiger partial charge in [0.1, 0.15) is 0 Å². The number of rotatable bonds is 4. The summed E-state index contributed by atoms with van der Waals surface area (Å²) in [6.07, 6.45) is 5.01. The summed E-state index contributed by atoms with van der Waals surface area (Å²) >= 11 is 0. The van der Waals surface area contributed by atoms with Crippen molar-refractivity contribution in [3.05, 3.63) is 89.8 Å². The Bertz CT molecular complexity index is 1250. The van der Waals surface area contributed by atoms with Gasteiger partial charge < -0.3 is 5.32 Å². The first-order valence-corrected chi connectivity index (χ1v) is 10.3. The number of hydrogen-bond donors (Lipinski definition) is 1. The number of anilines is 1. The maximum Gasteiger partial charge on any atom is 0.248 e. The van der Waals surface area contributed by atoms with E-state index in [2.05, 4.69) is 48.3 Å². The van der Waals surface area contributed by atoms with E-state index in [4.69, 9.17) is 0 Å². The number of hydrogen-bond acceptors (Lipinski definition) is 3. The third-order valence-electron chi connectivity index (χ3n) is 5.18. The fourth-order valence-electron chi connectivity index (χ4n) is 3.41. The molecule has 0 bridgehead atoms. The number of nitrogens with zero attached hydrogens (tertiary/aromatic N) is 3. The van der Waals surface area contributed by atoms with Crippen LogP contribution in [0.5, 0.6) is 0 Å². The number of para-hydroxylation sites is 1. The van der Waals surface area contributed by atoms with Gasteiger partial charge >= 0.3 is 0 Å². The normalized spacial score (nSPS) is 11.9. The molecule has 1 N–H and O–H groups in total. The van der Waals surface area contributed by atoms with Crippen molar-refractivity contribution in [1.82, 2.24) is 14.8 Å². The van der Waals surface area contributed by atoms with Gasteiger partial charge in [-0.1, -0.05) is 63.2 Å². The number of nitrogens with one attached hydrogen (secondary N) is 1. The molecule has 2 aromatic carbocycles. The van der Waals surface area contributed by atoms with Gasteiger partial charge in [-0.25, -0.2) is 9.67 Å². The third kappa shape index (κ3) is 4.56. The highest BCUT2D eigenvalue weighted by Crippen LogP contribution is 2.24. The summed E-state index contributed by atoms with van der Waals surface area (Å²) in [4.78, 5) is 17.0. The zero-order valence-corrected chi connectivity index (χ0v) is 18.3. The van der Waals surface area contributed by atoms with Crippen molar-refractivity contribution in [3.63, 3.8) is 0 Å². The Kier molecular flexibility index (Phi) is 5.42. The fraction of sp³-hybridized carbons (Fsp3) is 0.192. The molecule has 0 atom stereocenters. The van der Waals surface area contributed by atoms with Crippen molar-refractivity contribution in [2.24, 2.45) is 0 Å². The minimum atomic E-state index is -0.200. The van der Waals surface area contributed by atoms with Crippen LogP contribution in [0, 0.1) is 6.92 Å². The molecule has 2 aromatic heterocycles. The van der Waals surface area contributed by atoms with Gasteiger partial charge in [0.25, 0.3) is 0 Å². The van der Waals surface area contributed by atoms with Gasteiger partial charge in [-0.15, -0.1) is 0 Å². The van der Waals surface area contributed by atoms with Crippen LogP contribution in [0.3, 0.4) is 0 Å². The Hall–Kier alpha value is -3.73. The summed E-state index contributed by atoms with van der Waals surface area (Å²) in [5.41, 5.74) is 5.56. The predicted molar refractivity (Wildman–Crippen MR) is 126 cm³/mol. The molecule has 0 fully saturated rings. The molecule has 2 heterocycles. The Balaban J connectivity index is 1.50. The Morgan fingerprint density at radius 1 is 1.03 bits per heavy atom. The summed E-state index contributed by atoms with van der Waals surface area (Å²) in [5, 5.41) is 8.40. The average Bonchev–Trinajstić information content (AvgIpc) is 3.09. The van der Waals surface area contributed by atoms with Gasteiger partial charge in [-0.2, -0.15) is 5.10 Å². The van der Waals surface area contributed by atoms with Gasteiger partial charge in [-0.3, -0.25) is 4.79 Å². The minimum absolute atomic E-state index is 0.109. The molecule has 0 aliphatic rings. The van der Waals surface area contributed by atoms with E-state index in [9.17, 15) is 4.79 Å². The zero-order chi connectivity index (χ0) is 22.0.